The summed E-state index contributed by atoms with van der Waals surface area (Å²) in [7, 11) is 0. The van der Waals surface area contributed by atoms with Crippen LogP contribution in [0.2, 0.25) is 0 Å². The van der Waals surface area contributed by atoms with E-state index < -0.39 is 0 Å². The summed E-state index contributed by atoms with van der Waals surface area (Å²) in [5.41, 5.74) is 1.02. The number of hydrogen-bond donors (Lipinski definition) is 0. The maximum absolute atomic E-state index is 3.56. The van der Waals surface area contributed by atoms with Crippen LogP contribution in [-0.4, -0.2) is 0 Å². The zero-order valence-electron chi connectivity index (χ0n) is 7.47. The molecular formula is C11H18. The lowest BCUT2D eigenvalue weighted by Gasteiger charge is -1.97. The highest BCUT2D eigenvalue weighted by molar-refractivity contribution is 5.05. The van der Waals surface area contributed by atoms with E-state index in [1.54, 1.807) is 6.08 Å². The van der Waals surface area contributed by atoms with E-state index in [1.807, 2.05) is 6.92 Å². The second-order valence-corrected chi connectivity index (χ2v) is 2.81. The first-order valence-electron chi connectivity index (χ1n) is 4.20. The number of rotatable bonds is 1. The normalized spacial score (nSPS) is 14.6. The first-order valence-corrected chi connectivity index (χ1v) is 4.20. The van der Waals surface area contributed by atoms with Crippen molar-refractivity contribution in [2.75, 3.05) is 0 Å². The maximum atomic E-state index is 3.56. The zero-order chi connectivity index (χ0) is 8.53. The summed E-state index contributed by atoms with van der Waals surface area (Å²) in [5, 5.41) is 0. The largest absolute Gasteiger partial charge is 0.0988 e. The van der Waals surface area contributed by atoms with Gasteiger partial charge in [0.1, 0.15) is 0 Å². The summed E-state index contributed by atoms with van der Waals surface area (Å²) in [4.78, 5) is 0. The SMILES string of the molecule is C1=CCCCC1.C=CC(=C)C. The van der Waals surface area contributed by atoms with Crippen LogP contribution in [0.5, 0.6) is 0 Å². The van der Waals surface area contributed by atoms with E-state index in [-0.39, 0.29) is 0 Å². The van der Waals surface area contributed by atoms with E-state index in [0.29, 0.717) is 0 Å². The molecule has 0 aliphatic heterocycles. The molecule has 0 saturated carbocycles. The minimum Gasteiger partial charge on any atom is -0.0988 e. The van der Waals surface area contributed by atoms with Crippen LogP contribution in [0.25, 0.3) is 0 Å². The zero-order valence-corrected chi connectivity index (χ0v) is 7.47. The average Bonchev–Trinajstić information content (AvgIpc) is 2.09. The highest BCUT2D eigenvalue weighted by Gasteiger charge is 1.87. The van der Waals surface area contributed by atoms with Gasteiger partial charge in [0.15, 0.2) is 0 Å². The molecule has 0 atom stereocenters. The third kappa shape index (κ3) is 9.22. The summed E-state index contributed by atoms with van der Waals surface area (Å²) < 4.78 is 0. The van der Waals surface area contributed by atoms with Crippen molar-refractivity contribution >= 4 is 0 Å². The minimum atomic E-state index is 1.02. The van der Waals surface area contributed by atoms with Gasteiger partial charge in [-0.3, -0.25) is 0 Å². The Morgan fingerprint density at radius 3 is 1.73 bits per heavy atom. The third-order valence-electron chi connectivity index (χ3n) is 1.51. The predicted molar refractivity (Wildman–Crippen MR) is 52.6 cm³/mol. The summed E-state index contributed by atoms with van der Waals surface area (Å²) in [6, 6.07) is 0. The van der Waals surface area contributed by atoms with Crippen LogP contribution in [0.1, 0.15) is 32.6 Å². The second kappa shape index (κ2) is 7.33. The molecular weight excluding hydrogens is 132 g/mol. The fraction of sp³-hybridized carbons (Fsp3) is 0.455. The Kier molecular flexibility index (Phi) is 6.81. The lowest BCUT2D eigenvalue weighted by atomic mass is 10.1. The van der Waals surface area contributed by atoms with Gasteiger partial charge < -0.3 is 0 Å². The molecule has 0 spiro atoms. The van der Waals surface area contributed by atoms with Gasteiger partial charge in [0, 0.05) is 0 Å². The molecule has 62 valence electrons. The van der Waals surface area contributed by atoms with Gasteiger partial charge in [-0.25, -0.2) is 0 Å². The van der Waals surface area contributed by atoms with Crippen LogP contribution in [0.4, 0.5) is 0 Å². The van der Waals surface area contributed by atoms with Gasteiger partial charge >= 0.3 is 0 Å². The molecule has 1 aliphatic rings. The van der Waals surface area contributed by atoms with Crippen LogP contribution in [0.3, 0.4) is 0 Å². The van der Waals surface area contributed by atoms with E-state index >= 15 is 0 Å². The minimum absolute atomic E-state index is 1.02. The van der Waals surface area contributed by atoms with Gasteiger partial charge in [-0.15, -0.1) is 0 Å². The standard InChI is InChI=1S/C6H10.C5H8/c1-2-4-6-5-3-1;1-4-5(2)3/h1-2H,3-6H2;4H,1-2H2,3H3. The van der Waals surface area contributed by atoms with Gasteiger partial charge in [0.05, 0.1) is 0 Å². The summed E-state index contributed by atoms with van der Waals surface area (Å²) in [6.45, 7) is 8.93. The van der Waals surface area contributed by atoms with Crippen molar-refractivity contribution in [3.05, 3.63) is 37.0 Å². The van der Waals surface area contributed by atoms with Crippen molar-refractivity contribution in [3.8, 4) is 0 Å². The number of allylic oxidation sites excluding steroid dienone is 4. The molecule has 0 unspecified atom stereocenters. The molecule has 0 aromatic rings. The molecule has 1 rings (SSSR count). The second-order valence-electron chi connectivity index (χ2n) is 2.81. The van der Waals surface area contributed by atoms with Crippen molar-refractivity contribution in [2.24, 2.45) is 0 Å². The molecule has 0 amide bonds. The maximum Gasteiger partial charge on any atom is -0.0351 e. The van der Waals surface area contributed by atoms with E-state index in [0.717, 1.165) is 5.57 Å². The molecule has 0 nitrogen and oxygen atoms in total. The Bertz CT molecular complexity index is 132. The van der Waals surface area contributed by atoms with Gasteiger partial charge in [-0.1, -0.05) is 37.0 Å². The van der Waals surface area contributed by atoms with Gasteiger partial charge in [0.2, 0.25) is 0 Å². The predicted octanol–water partition coefficient (Wildman–Crippen LogP) is 3.87. The smallest absolute Gasteiger partial charge is 0.0351 e. The fourth-order valence-corrected chi connectivity index (χ4v) is 0.760. The molecule has 0 bridgehead atoms. The van der Waals surface area contributed by atoms with Crippen LogP contribution < -0.4 is 0 Å². The first-order chi connectivity index (χ1) is 5.27. The molecule has 1 aliphatic carbocycles. The molecule has 0 aromatic heterocycles. The van der Waals surface area contributed by atoms with Crippen molar-refractivity contribution in [2.45, 2.75) is 32.6 Å². The van der Waals surface area contributed by atoms with Crippen LogP contribution in [0.15, 0.2) is 37.0 Å². The summed E-state index contributed by atoms with van der Waals surface area (Å²) in [5.74, 6) is 0. The first kappa shape index (κ1) is 10.2. The van der Waals surface area contributed by atoms with Gasteiger partial charge in [0.25, 0.3) is 0 Å². The third-order valence-corrected chi connectivity index (χ3v) is 1.51. The highest BCUT2D eigenvalue weighted by atomic mass is 13.9. The van der Waals surface area contributed by atoms with Crippen molar-refractivity contribution in [1.82, 2.24) is 0 Å². The van der Waals surface area contributed by atoms with Crippen molar-refractivity contribution < 1.29 is 0 Å². The Labute approximate surface area is 70.3 Å². The Balaban J connectivity index is 0.000000187. The molecule has 0 fully saturated rings. The van der Waals surface area contributed by atoms with Gasteiger partial charge in [-0.2, -0.15) is 0 Å². The molecule has 0 heteroatoms. The Morgan fingerprint density at radius 2 is 1.64 bits per heavy atom. The molecule has 11 heavy (non-hydrogen) atoms. The molecule has 0 N–H and O–H groups in total. The summed E-state index contributed by atoms with van der Waals surface area (Å²) >= 11 is 0. The van der Waals surface area contributed by atoms with E-state index in [9.17, 15) is 0 Å². The van der Waals surface area contributed by atoms with Crippen LogP contribution >= 0.6 is 0 Å². The van der Waals surface area contributed by atoms with E-state index in [2.05, 4.69) is 25.3 Å². The Morgan fingerprint density at radius 1 is 1.27 bits per heavy atom. The van der Waals surface area contributed by atoms with Crippen LogP contribution in [-0.2, 0) is 0 Å². The quantitative estimate of drug-likeness (QED) is 0.393. The lowest BCUT2D eigenvalue weighted by molar-refractivity contribution is 0.730. The van der Waals surface area contributed by atoms with Gasteiger partial charge in [-0.05, 0) is 32.6 Å². The highest BCUT2D eigenvalue weighted by Crippen LogP contribution is 2.07. The topological polar surface area (TPSA) is 0 Å². The average molecular weight is 150 g/mol. The monoisotopic (exact) mass is 150 g/mol. The molecule has 0 heterocycles. The molecule has 0 aromatic carbocycles. The van der Waals surface area contributed by atoms with E-state index in [1.165, 1.54) is 25.7 Å². The Hall–Kier alpha value is -0.780. The van der Waals surface area contributed by atoms with E-state index in [4.69, 9.17) is 0 Å². The van der Waals surface area contributed by atoms with Crippen molar-refractivity contribution in [1.29, 1.82) is 0 Å². The van der Waals surface area contributed by atoms with Crippen LogP contribution in [0, 0.1) is 0 Å². The van der Waals surface area contributed by atoms with Crippen molar-refractivity contribution in [3.63, 3.8) is 0 Å². The molecule has 0 saturated heterocycles. The number of hydrogen-bond acceptors (Lipinski definition) is 0. The summed E-state index contributed by atoms with van der Waals surface area (Å²) in [6.07, 6.45) is 11.7. The fourth-order valence-electron chi connectivity index (χ4n) is 0.760. The molecule has 0 radical (unpaired) electrons. The lowest BCUT2D eigenvalue weighted by Crippen LogP contribution is -1.77.